The lowest BCUT2D eigenvalue weighted by molar-refractivity contribution is -0.306. The molecule has 0 aromatic heterocycles. The molecule has 0 bridgehead atoms. The Morgan fingerprint density at radius 1 is 1.05 bits per heavy atom. The lowest BCUT2D eigenvalue weighted by Crippen LogP contribution is -2.42. The molecule has 0 spiro atoms. The van der Waals surface area contributed by atoms with Gasteiger partial charge in [0.15, 0.2) is 5.78 Å². The van der Waals surface area contributed by atoms with Gasteiger partial charge in [0.05, 0.1) is 12.0 Å². The molecule has 1 N–H and O–H groups in total. The number of benzene rings is 2. The molecule has 1 unspecified atom stereocenters. The third-order valence-corrected chi connectivity index (χ3v) is 2.95. The highest BCUT2D eigenvalue weighted by Crippen LogP contribution is 2.13. The topological polar surface area (TPSA) is 69.2 Å². The second-order valence-corrected chi connectivity index (χ2v) is 4.52. The van der Waals surface area contributed by atoms with E-state index in [9.17, 15) is 19.1 Å². The summed E-state index contributed by atoms with van der Waals surface area (Å²) in [6.45, 7) is 0. The first-order valence-corrected chi connectivity index (χ1v) is 6.37. The number of rotatable bonds is 6. The molecule has 108 valence electrons. The first kappa shape index (κ1) is 14.7. The van der Waals surface area contributed by atoms with E-state index in [0.717, 1.165) is 0 Å². The van der Waals surface area contributed by atoms with Crippen LogP contribution in [0.1, 0.15) is 16.8 Å². The molecule has 0 aliphatic heterocycles. The van der Waals surface area contributed by atoms with E-state index in [-0.39, 0.29) is 12.2 Å². The molecular weight excluding hydrogens is 273 g/mol. The quantitative estimate of drug-likeness (QED) is 0.819. The third kappa shape index (κ3) is 4.14. The fourth-order valence-corrected chi connectivity index (χ4v) is 1.87. The molecule has 0 fully saturated rings. The Bertz CT molecular complexity index is 626. The third-order valence-electron chi connectivity index (χ3n) is 2.95. The summed E-state index contributed by atoms with van der Waals surface area (Å²) in [6.07, 6.45) is -0.246. The minimum Gasteiger partial charge on any atom is -0.548 e. The molecule has 2 rings (SSSR count). The maximum Gasteiger partial charge on any atom is 0.165 e. The highest BCUT2D eigenvalue weighted by Gasteiger charge is 2.16. The smallest absolute Gasteiger partial charge is 0.165 e. The van der Waals surface area contributed by atoms with Gasteiger partial charge in [0.25, 0.3) is 0 Å². The summed E-state index contributed by atoms with van der Waals surface area (Å²) >= 11 is 0. The van der Waals surface area contributed by atoms with Gasteiger partial charge < -0.3 is 15.2 Å². The lowest BCUT2D eigenvalue weighted by atomic mass is 10.0. The number of carboxylic acids is 1. The molecule has 21 heavy (non-hydrogen) atoms. The van der Waals surface area contributed by atoms with Crippen LogP contribution >= 0.6 is 0 Å². The summed E-state index contributed by atoms with van der Waals surface area (Å²) in [6, 6.07) is 12.4. The fraction of sp³-hybridized carbons (Fsp3) is 0.125. The number of ketones is 1. The Labute approximate surface area is 121 Å². The van der Waals surface area contributed by atoms with Gasteiger partial charge in [0.1, 0.15) is 5.82 Å². The SMILES string of the molecule is O=C(CC(Nc1ccc(F)cc1)C(=O)[O-])c1ccccc1. The zero-order valence-corrected chi connectivity index (χ0v) is 11.1. The van der Waals surface area contributed by atoms with Gasteiger partial charge in [-0.25, -0.2) is 4.39 Å². The van der Waals surface area contributed by atoms with Crippen molar-refractivity contribution in [1.29, 1.82) is 0 Å². The van der Waals surface area contributed by atoms with Gasteiger partial charge in [0, 0.05) is 17.7 Å². The standard InChI is InChI=1S/C16H14FNO3/c17-12-6-8-13(9-7-12)18-14(16(20)21)10-15(19)11-4-2-1-3-5-11/h1-9,14,18H,10H2,(H,20,21)/p-1. The maximum absolute atomic E-state index is 12.8. The highest BCUT2D eigenvalue weighted by atomic mass is 19.1. The van der Waals surface area contributed by atoms with Crippen molar-refractivity contribution in [2.24, 2.45) is 0 Å². The number of carbonyl (C=O) groups excluding carboxylic acids is 2. The summed E-state index contributed by atoms with van der Waals surface area (Å²) in [7, 11) is 0. The van der Waals surface area contributed by atoms with E-state index in [1.165, 1.54) is 24.3 Å². The fourth-order valence-electron chi connectivity index (χ4n) is 1.87. The molecular formula is C16H13FNO3-. The van der Waals surface area contributed by atoms with E-state index < -0.39 is 17.8 Å². The second kappa shape index (κ2) is 6.65. The summed E-state index contributed by atoms with van der Waals surface area (Å²) in [4.78, 5) is 23.2. The first-order valence-electron chi connectivity index (χ1n) is 6.37. The van der Waals surface area contributed by atoms with E-state index in [2.05, 4.69) is 5.32 Å². The molecule has 0 heterocycles. The van der Waals surface area contributed by atoms with E-state index in [0.29, 0.717) is 11.3 Å². The molecule has 0 aliphatic rings. The van der Waals surface area contributed by atoms with Crippen molar-refractivity contribution < 1.29 is 19.1 Å². The number of hydrogen-bond acceptors (Lipinski definition) is 4. The molecule has 2 aromatic carbocycles. The van der Waals surface area contributed by atoms with Crippen molar-refractivity contribution in [3.05, 3.63) is 66.0 Å². The lowest BCUT2D eigenvalue weighted by Gasteiger charge is -2.20. The van der Waals surface area contributed by atoms with Crippen LogP contribution in [-0.2, 0) is 4.79 Å². The monoisotopic (exact) mass is 286 g/mol. The normalized spacial score (nSPS) is 11.7. The van der Waals surface area contributed by atoms with Gasteiger partial charge in [-0.2, -0.15) is 0 Å². The van der Waals surface area contributed by atoms with E-state index in [1.54, 1.807) is 30.3 Å². The number of carbonyl (C=O) groups is 2. The second-order valence-electron chi connectivity index (χ2n) is 4.52. The van der Waals surface area contributed by atoms with E-state index in [1.807, 2.05) is 0 Å². The minimum atomic E-state index is -1.39. The van der Waals surface area contributed by atoms with Crippen LogP contribution < -0.4 is 10.4 Å². The molecule has 1 atom stereocenters. The van der Waals surface area contributed by atoms with Crippen LogP contribution in [0.5, 0.6) is 0 Å². The van der Waals surface area contributed by atoms with Crippen LogP contribution in [0.3, 0.4) is 0 Å². The molecule has 0 saturated heterocycles. The van der Waals surface area contributed by atoms with Gasteiger partial charge >= 0.3 is 0 Å². The predicted octanol–water partition coefficient (Wildman–Crippen LogP) is 1.63. The van der Waals surface area contributed by atoms with Crippen molar-refractivity contribution in [3.63, 3.8) is 0 Å². The molecule has 2 aromatic rings. The van der Waals surface area contributed by atoms with Crippen LogP contribution in [0.2, 0.25) is 0 Å². The number of hydrogen-bond donors (Lipinski definition) is 1. The molecule has 0 radical (unpaired) electrons. The van der Waals surface area contributed by atoms with Crippen LogP contribution in [0.25, 0.3) is 0 Å². The van der Waals surface area contributed by atoms with Gasteiger partial charge in [0.2, 0.25) is 0 Å². The minimum absolute atomic E-state index is 0.246. The largest absolute Gasteiger partial charge is 0.548 e. The van der Waals surface area contributed by atoms with Crippen molar-refractivity contribution in [2.75, 3.05) is 5.32 Å². The van der Waals surface area contributed by atoms with Crippen molar-refractivity contribution in [3.8, 4) is 0 Å². The van der Waals surface area contributed by atoms with E-state index >= 15 is 0 Å². The summed E-state index contributed by atoms with van der Waals surface area (Å²) in [5.74, 6) is -2.12. The molecule has 0 saturated carbocycles. The van der Waals surface area contributed by atoms with Crippen LogP contribution in [0.4, 0.5) is 10.1 Å². The Hall–Kier alpha value is -2.69. The van der Waals surface area contributed by atoms with Crippen molar-refractivity contribution in [1.82, 2.24) is 0 Å². The number of halogens is 1. The average Bonchev–Trinajstić information content (AvgIpc) is 2.49. The number of nitrogens with one attached hydrogen (secondary N) is 1. The first-order chi connectivity index (χ1) is 10.1. The summed E-state index contributed by atoms with van der Waals surface area (Å²) < 4.78 is 12.8. The maximum atomic E-state index is 12.8. The zero-order valence-electron chi connectivity index (χ0n) is 11.1. The molecule has 0 amide bonds. The van der Waals surface area contributed by atoms with Crippen LogP contribution in [0, 0.1) is 5.82 Å². The van der Waals surface area contributed by atoms with E-state index in [4.69, 9.17) is 0 Å². The van der Waals surface area contributed by atoms with Crippen LogP contribution in [-0.4, -0.2) is 17.8 Å². The summed E-state index contributed by atoms with van der Waals surface area (Å²) in [5, 5.41) is 13.8. The predicted molar refractivity (Wildman–Crippen MR) is 74.2 cm³/mol. The highest BCUT2D eigenvalue weighted by molar-refractivity contribution is 5.99. The summed E-state index contributed by atoms with van der Waals surface area (Å²) in [5.41, 5.74) is 0.844. The Morgan fingerprint density at radius 3 is 2.24 bits per heavy atom. The van der Waals surface area contributed by atoms with Crippen molar-refractivity contribution in [2.45, 2.75) is 12.5 Å². The van der Waals surface area contributed by atoms with Crippen LogP contribution in [0.15, 0.2) is 54.6 Å². The number of aliphatic carboxylic acids is 1. The van der Waals surface area contributed by atoms with Gasteiger partial charge in [-0.05, 0) is 24.3 Å². The number of Topliss-reactive ketones (excluding diaryl/α,β-unsaturated/α-hetero) is 1. The molecule has 5 heteroatoms. The van der Waals surface area contributed by atoms with Crippen molar-refractivity contribution >= 4 is 17.4 Å². The molecule has 4 nitrogen and oxygen atoms in total. The average molecular weight is 286 g/mol. The Morgan fingerprint density at radius 2 is 1.67 bits per heavy atom. The zero-order chi connectivity index (χ0) is 15.2. The number of anilines is 1. The van der Waals surface area contributed by atoms with Gasteiger partial charge in [-0.15, -0.1) is 0 Å². The number of carboxylic acid groups (broad SMARTS) is 1. The Kier molecular flexibility index (Phi) is 4.66. The molecule has 0 aliphatic carbocycles. The van der Waals surface area contributed by atoms with Gasteiger partial charge in [-0.1, -0.05) is 30.3 Å². The Balaban J connectivity index is 2.07. The van der Waals surface area contributed by atoms with Gasteiger partial charge in [-0.3, -0.25) is 4.79 Å².